The van der Waals surface area contributed by atoms with E-state index >= 15 is 0 Å². The van der Waals surface area contributed by atoms with Crippen LogP contribution >= 0.6 is 0 Å². The van der Waals surface area contributed by atoms with Gasteiger partial charge in [0.2, 0.25) is 0 Å². The highest BCUT2D eigenvalue weighted by molar-refractivity contribution is 5.96. The number of carbonyl (C=O) groups is 4. The van der Waals surface area contributed by atoms with Crippen LogP contribution < -0.4 is 18.9 Å². The number of rotatable bonds is 24. The van der Waals surface area contributed by atoms with Crippen LogP contribution in [0.25, 0.3) is 32.7 Å². The van der Waals surface area contributed by atoms with Gasteiger partial charge in [-0.2, -0.15) is 0 Å². The third kappa shape index (κ3) is 11.7. The maximum absolute atomic E-state index is 12.0. The van der Waals surface area contributed by atoms with Crippen molar-refractivity contribution in [2.24, 2.45) is 0 Å². The number of fused-ring (bicyclic) bond motifs is 2. The van der Waals surface area contributed by atoms with Crippen molar-refractivity contribution in [2.75, 3.05) is 52.9 Å². The summed E-state index contributed by atoms with van der Waals surface area (Å²) >= 11 is 0. The molecule has 12 heteroatoms. The van der Waals surface area contributed by atoms with E-state index < -0.39 is 29.3 Å². The third-order valence-electron chi connectivity index (χ3n) is 10.5. The lowest BCUT2D eigenvalue weighted by Gasteiger charge is -2.36. The summed E-state index contributed by atoms with van der Waals surface area (Å²) in [6.07, 6.45) is 4.37. The lowest BCUT2D eigenvalue weighted by Crippen LogP contribution is -2.28. The fraction of sp³-hybridized carbons (Fsp3) is 0.185. The molecule has 0 radical (unpaired) electrons. The summed E-state index contributed by atoms with van der Waals surface area (Å²) in [6.45, 7) is 16.2. The Balaban J connectivity index is 1.58. The molecular formula is C54H50O12. The normalized spacial score (nSPS) is 10.9. The minimum absolute atomic E-state index is 0.0160. The Kier molecular flexibility index (Phi) is 16.5. The summed E-state index contributed by atoms with van der Waals surface area (Å²) in [5, 5.41) is 3.20. The second-order valence-electron chi connectivity index (χ2n) is 14.6. The predicted molar refractivity (Wildman–Crippen MR) is 252 cm³/mol. The van der Waals surface area contributed by atoms with Crippen molar-refractivity contribution in [3.63, 3.8) is 0 Å². The summed E-state index contributed by atoms with van der Waals surface area (Å²) in [7, 11) is 0. The molecule has 0 aliphatic carbocycles. The zero-order valence-corrected chi connectivity index (χ0v) is 36.7. The van der Waals surface area contributed by atoms with Gasteiger partial charge in [0.15, 0.2) is 0 Å². The quantitative estimate of drug-likeness (QED) is 0.0188. The predicted octanol–water partition coefficient (Wildman–Crippen LogP) is 9.45. The van der Waals surface area contributed by atoms with Crippen molar-refractivity contribution < 1.29 is 57.1 Å². The second kappa shape index (κ2) is 23.0. The van der Waals surface area contributed by atoms with Crippen molar-refractivity contribution in [2.45, 2.75) is 12.3 Å². The van der Waals surface area contributed by atoms with Gasteiger partial charge in [0.05, 0.1) is 5.41 Å². The van der Waals surface area contributed by atoms with E-state index in [1.54, 1.807) is 0 Å². The van der Waals surface area contributed by atoms with Crippen LogP contribution in [0, 0.1) is 0 Å². The topological polar surface area (TPSA) is 142 Å². The maximum atomic E-state index is 12.0. The first-order valence-electron chi connectivity index (χ1n) is 21.1. The van der Waals surface area contributed by atoms with Gasteiger partial charge in [-0.1, -0.05) is 105 Å². The maximum Gasteiger partial charge on any atom is 0.330 e. The van der Waals surface area contributed by atoms with Crippen molar-refractivity contribution in [1.29, 1.82) is 0 Å². The molecule has 12 nitrogen and oxygen atoms in total. The number of hydrogen-bond acceptors (Lipinski definition) is 12. The second-order valence-corrected chi connectivity index (χ2v) is 14.6. The summed E-state index contributed by atoms with van der Waals surface area (Å²) in [4.78, 5) is 47.4. The molecule has 6 aromatic carbocycles. The molecule has 6 rings (SSSR count). The highest BCUT2D eigenvalue weighted by Crippen LogP contribution is 2.52. The van der Waals surface area contributed by atoms with E-state index in [4.69, 9.17) is 37.9 Å². The molecule has 66 heavy (non-hydrogen) atoms. The monoisotopic (exact) mass is 890 g/mol. The lowest BCUT2D eigenvalue weighted by molar-refractivity contribution is -0.139. The molecule has 0 atom stereocenters. The summed E-state index contributed by atoms with van der Waals surface area (Å²) in [6, 6.07) is 37.3. The molecule has 0 saturated carbocycles. The first-order valence-corrected chi connectivity index (χ1v) is 21.1. The van der Waals surface area contributed by atoms with Gasteiger partial charge < -0.3 is 37.9 Å². The molecule has 0 unspecified atom stereocenters. The molecule has 0 bridgehead atoms. The zero-order chi connectivity index (χ0) is 46.9. The Morgan fingerprint density at radius 1 is 0.439 bits per heavy atom. The number of ether oxygens (including phenoxy) is 8. The molecule has 0 aromatic heterocycles. The molecule has 0 aliphatic rings. The molecule has 0 heterocycles. The van der Waals surface area contributed by atoms with E-state index in [0.717, 1.165) is 73.7 Å². The van der Waals surface area contributed by atoms with Gasteiger partial charge in [0, 0.05) is 35.4 Å². The highest BCUT2D eigenvalue weighted by Gasteiger charge is 2.40. The number of carbonyl (C=O) groups excluding carboxylic acids is 4. The van der Waals surface area contributed by atoms with Crippen molar-refractivity contribution in [1.82, 2.24) is 0 Å². The summed E-state index contributed by atoms with van der Waals surface area (Å²) in [5.41, 5.74) is 3.27. The molecule has 6 aromatic rings. The van der Waals surface area contributed by atoms with Crippen LogP contribution in [0.1, 0.15) is 23.6 Å². The largest absolute Gasteiger partial charge is 0.490 e. The van der Waals surface area contributed by atoms with Gasteiger partial charge in [0.1, 0.15) is 75.9 Å². The Hall–Kier alpha value is -8.12. The molecule has 0 saturated heterocycles. The van der Waals surface area contributed by atoms with Crippen molar-refractivity contribution >= 4 is 45.4 Å². The number of hydrogen-bond donors (Lipinski definition) is 0. The fourth-order valence-electron chi connectivity index (χ4n) is 7.49. The highest BCUT2D eigenvalue weighted by atomic mass is 16.6. The Bertz CT molecular complexity index is 2580. The molecule has 0 spiro atoms. The van der Waals surface area contributed by atoms with Gasteiger partial charge in [0.25, 0.3) is 0 Å². The first-order chi connectivity index (χ1) is 32.1. The minimum atomic E-state index is -1.11. The van der Waals surface area contributed by atoms with Gasteiger partial charge in [-0.15, -0.1) is 0 Å². The van der Waals surface area contributed by atoms with Gasteiger partial charge in [-0.3, -0.25) is 0 Å². The fourth-order valence-corrected chi connectivity index (χ4v) is 7.49. The van der Waals surface area contributed by atoms with Gasteiger partial charge in [-0.05, 0) is 81.6 Å². The summed E-state index contributed by atoms with van der Waals surface area (Å²) < 4.78 is 46.1. The van der Waals surface area contributed by atoms with E-state index in [2.05, 4.69) is 57.5 Å². The van der Waals surface area contributed by atoms with E-state index in [1.807, 2.05) is 91.0 Å². The number of esters is 4. The van der Waals surface area contributed by atoms with Crippen molar-refractivity contribution in [3.8, 4) is 34.1 Å². The summed E-state index contributed by atoms with van der Waals surface area (Å²) in [5.74, 6) is -0.185. The molecule has 338 valence electrons. The SMILES string of the molecule is C=CC(=O)OCCOc1ccc2c(C(C)(c3ccc(-c4ccccc4)cc3)c3c(OCCOC(=O)C=C)ccc4cc(OCCOC(=O)C=C)ccc34)c(OCCOC(=O)C=C)ccc2c1. The average molecular weight is 891 g/mol. The van der Waals surface area contributed by atoms with Crippen LogP contribution in [0.4, 0.5) is 0 Å². The van der Waals surface area contributed by atoms with Crippen LogP contribution in [-0.4, -0.2) is 76.7 Å². The van der Waals surface area contributed by atoms with Crippen LogP contribution in [0.3, 0.4) is 0 Å². The van der Waals surface area contributed by atoms with Crippen LogP contribution in [0.2, 0.25) is 0 Å². The third-order valence-corrected chi connectivity index (χ3v) is 10.5. The van der Waals surface area contributed by atoms with Crippen LogP contribution in [0.15, 0.2) is 166 Å². The van der Waals surface area contributed by atoms with E-state index in [1.165, 1.54) is 0 Å². The lowest BCUT2D eigenvalue weighted by atomic mass is 9.67. The van der Waals surface area contributed by atoms with Crippen LogP contribution in [0.5, 0.6) is 23.0 Å². The van der Waals surface area contributed by atoms with Crippen molar-refractivity contribution in [3.05, 3.63) is 183 Å². The molecular weight excluding hydrogens is 841 g/mol. The zero-order valence-electron chi connectivity index (χ0n) is 36.7. The van der Waals surface area contributed by atoms with E-state index in [0.29, 0.717) is 23.0 Å². The Labute approximate surface area is 383 Å². The Morgan fingerprint density at radius 2 is 0.818 bits per heavy atom. The Morgan fingerprint density at radius 3 is 1.21 bits per heavy atom. The van der Waals surface area contributed by atoms with E-state index in [9.17, 15) is 19.2 Å². The molecule has 0 amide bonds. The van der Waals surface area contributed by atoms with Gasteiger partial charge >= 0.3 is 23.9 Å². The number of benzene rings is 6. The van der Waals surface area contributed by atoms with E-state index in [-0.39, 0.29) is 52.9 Å². The molecule has 0 aliphatic heterocycles. The van der Waals surface area contributed by atoms with Gasteiger partial charge in [-0.25, -0.2) is 19.2 Å². The molecule has 0 N–H and O–H groups in total. The first kappa shape index (κ1) is 47.4. The molecule has 0 fully saturated rings. The minimum Gasteiger partial charge on any atom is -0.490 e. The average Bonchev–Trinajstić information content (AvgIpc) is 3.36. The standard InChI is InChI=1S/C54H50O12/c1-6-48(55)63-31-27-59-42-21-23-44-39(35-42)17-25-46(61-29-33-65-50(57)8-3)52(44)54(5,41-19-15-38(16-20-41)37-13-11-10-12-14-37)53-45-24-22-43(60-28-32-64-49(56)7-2)36-40(45)18-26-47(53)62-30-34-66-51(58)9-4/h6-26,35-36H,1-4,27-34H2,5H3. The van der Waals surface area contributed by atoms with Crippen LogP contribution in [-0.2, 0) is 43.5 Å². The smallest absolute Gasteiger partial charge is 0.330 e.